The van der Waals surface area contributed by atoms with Crippen molar-refractivity contribution in [2.75, 3.05) is 14.2 Å². The van der Waals surface area contributed by atoms with Gasteiger partial charge in [0, 0.05) is 29.7 Å². The monoisotopic (exact) mass is 369 g/mol. The van der Waals surface area contributed by atoms with E-state index in [1.54, 1.807) is 37.4 Å². The number of hydrogen-bond acceptors (Lipinski definition) is 3. The lowest BCUT2D eigenvalue weighted by molar-refractivity contribution is 0.0785. The molecular weight excluding hydrogens is 350 g/mol. The van der Waals surface area contributed by atoms with Crippen LogP contribution in [0.15, 0.2) is 48.7 Å². The molecule has 1 N–H and O–H groups in total. The van der Waals surface area contributed by atoms with Gasteiger partial charge in [0.25, 0.3) is 5.91 Å². The van der Waals surface area contributed by atoms with Crippen molar-refractivity contribution in [3.63, 3.8) is 0 Å². The van der Waals surface area contributed by atoms with Crippen LogP contribution in [0.25, 0.3) is 11.3 Å². The van der Waals surface area contributed by atoms with Crippen molar-refractivity contribution in [1.29, 1.82) is 0 Å². The number of halogens is 1. The van der Waals surface area contributed by atoms with Crippen LogP contribution in [0.1, 0.15) is 21.5 Å². The molecule has 0 atom stereocenters. The fourth-order valence-corrected chi connectivity index (χ4v) is 2.97. The summed E-state index contributed by atoms with van der Waals surface area (Å²) < 4.78 is 5.41. The van der Waals surface area contributed by atoms with Crippen LogP contribution in [0, 0.1) is 6.92 Å². The molecule has 0 radical (unpaired) electrons. The first-order chi connectivity index (χ1) is 12.5. The van der Waals surface area contributed by atoms with E-state index in [-0.39, 0.29) is 5.91 Å². The van der Waals surface area contributed by atoms with Gasteiger partial charge in [0.2, 0.25) is 0 Å². The average molecular weight is 370 g/mol. The zero-order chi connectivity index (χ0) is 18.7. The van der Waals surface area contributed by atoms with Gasteiger partial charge in [-0.15, -0.1) is 0 Å². The number of aryl methyl sites for hydroxylation is 1. The summed E-state index contributed by atoms with van der Waals surface area (Å²) in [4.78, 5) is 14.6. The Bertz CT molecular complexity index is 919. The lowest BCUT2D eigenvalue weighted by Gasteiger charge is -2.19. The first-order valence-electron chi connectivity index (χ1n) is 8.18. The van der Waals surface area contributed by atoms with Gasteiger partial charge in [-0.2, -0.15) is 5.10 Å². The molecular formula is C20H20ClN3O2. The topological polar surface area (TPSA) is 58.2 Å². The Balaban J connectivity index is 1.85. The Morgan fingerprint density at radius 3 is 2.65 bits per heavy atom. The number of H-pyrrole nitrogens is 1. The number of methoxy groups -OCH3 is 1. The minimum atomic E-state index is -0.118. The van der Waals surface area contributed by atoms with Gasteiger partial charge < -0.3 is 9.64 Å². The first-order valence-corrected chi connectivity index (χ1v) is 8.55. The van der Waals surface area contributed by atoms with Crippen molar-refractivity contribution in [1.82, 2.24) is 15.1 Å². The quantitative estimate of drug-likeness (QED) is 0.728. The summed E-state index contributed by atoms with van der Waals surface area (Å²) in [6.45, 7) is 2.45. The van der Waals surface area contributed by atoms with E-state index in [0.717, 1.165) is 22.4 Å². The molecule has 0 saturated carbocycles. The second-order valence-corrected chi connectivity index (χ2v) is 6.58. The normalized spacial score (nSPS) is 10.6. The van der Waals surface area contributed by atoms with E-state index in [0.29, 0.717) is 22.8 Å². The van der Waals surface area contributed by atoms with Crippen molar-refractivity contribution in [2.45, 2.75) is 13.5 Å². The number of carbonyl (C=O) groups excluding carboxylic acids is 1. The number of hydrogen-bond donors (Lipinski definition) is 1. The van der Waals surface area contributed by atoms with Gasteiger partial charge in [0.15, 0.2) is 0 Å². The number of aromatic nitrogens is 2. The second kappa shape index (κ2) is 7.62. The molecule has 3 aromatic rings. The van der Waals surface area contributed by atoms with Gasteiger partial charge >= 0.3 is 0 Å². The smallest absolute Gasteiger partial charge is 0.257 e. The Labute approximate surface area is 157 Å². The standard InChI is InChI=1S/C20H20ClN3O2/c1-13-4-9-18(26-3)15(10-13)12-24(2)20(25)17-11-22-23-19(17)14-5-7-16(21)8-6-14/h4-11H,12H2,1-3H3,(H,22,23). The molecule has 0 unspecified atom stereocenters. The van der Waals surface area contributed by atoms with Gasteiger partial charge in [0.05, 0.1) is 24.6 Å². The van der Waals surface area contributed by atoms with E-state index in [1.807, 2.05) is 37.3 Å². The van der Waals surface area contributed by atoms with Crippen LogP contribution in [0.5, 0.6) is 5.75 Å². The zero-order valence-electron chi connectivity index (χ0n) is 14.9. The molecule has 134 valence electrons. The van der Waals surface area contributed by atoms with Crippen molar-refractivity contribution >= 4 is 17.5 Å². The summed E-state index contributed by atoms with van der Waals surface area (Å²) in [6, 6.07) is 13.2. The number of nitrogens with one attached hydrogen (secondary N) is 1. The van der Waals surface area contributed by atoms with Gasteiger partial charge in [-0.3, -0.25) is 9.89 Å². The summed E-state index contributed by atoms with van der Waals surface area (Å²) in [5.41, 5.74) is 4.12. The van der Waals surface area contributed by atoms with Gasteiger partial charge in [-0.25, -0.2) is 0 Å². The Hall–Kier alpha value is -2.79. The van der Waals surface area contributed by atoms with Crippen LogP contribution in [0.3, 0.4) is 0 Å². The maximum Gasteiger partial charge on any atom is 0.257 e. The van der Waals surface area contributed by atoms with E-state index < -0.39 is 0 Å². The van der Waals surface area contributed by atoms with Crippen molar-refractivity contribution < 1.29 is 9.53 Å². The maximum atomic E-state index is 13.0. The molecule has 0 aliphatic carbocycles. The highest BCUT2D eigenvalue weighted by Gasteiger charge is 2.20. The van der Waals surface area contributed by atoms with Crippen LogP contribution in [0.4, 0.5) is 0 Å². The molecule has 0 bridgehead atoms. The summed E-state index contributed by atoms with van der Waals surface area (Å²) in [5.74, 6) is 0.646. The number of amides is 1. The average Bonchev–Trinajstić information content (AvgIpc) is 3.11. The van der Waals surface area contributed by atoms with Gasteiger partial charge in [-0.05, 0) is 25.1 Å². The molecule has 0 aliphatic rings. The number of ether oxygens (including phenoxy) is 1. The molecule has 0 fully saturated rings. The van der Waals surface area contributed by atoms with E-state index in [2.05, 4.69) is 10.2 Å². The summed E-state index contributed by atoms with van der Waals surface area (Å²) in [7, 11) is 3.40. The highest BCUT2D eigenvalue weighted by atomic mass is 35.5. The predicted molar refractivity (Wildman–Crippen MR) is 103 cm³/mol. The highest BCUT2D eigenvalue weighted by Crippen LogP contribution is 2.25. The molecule has 1 aromatic heterocycles. The molecule has 0 aliphatic heterocycles. The van der Waals surface area contributed by atoms with Crippen molar-refractivity contribution in [3.05, 3.63) is 70.4 Å². The third-order valence-electron chi connectivity index (χ3n) is 4.19. The van der Waals surface area contributed by atoms with Gasteiger partial charge in [-0.1, -0.05) is 41.4 Å². The third-order valence-corrected chi connectivity index (χ3v) is 4.44. The molecule has 0 saturated heterocycles. The first kappa shape index (κ1) is 18.0. The van der Waals surface area contributed by atoms with E-state index in [4.69, 9.17) is 16.3 Å². The highest BCUT2D eigenvalue weighted by molar-refractivity contribution is 6.30. The minimum absolute atomic E-state index is 0.118. The van der Waals surface area contributed by atoms with Crippen molar-refractivity contribution in [3.8, 4) is 17.0 Å². The molecule has 6 heteroatoms. The number of rotatable bonds is 5. The van der Waals surface area contributed by atoms with Crippen LogP contribution in [0.2, 0.25) is 5.02 Å². The van der Waals surface area contributed by atoms with Crippen molar-refractivity contribution in [2.24, 2.45) is 0 Å². The lowest BCUT2D eigenvalue weighted by atomic mass is 10.1. The minimum Gasteiger partial charge on any atom is -0.496 e. The Morgan fingerprint density at radius 1 is 1.23 bits per heavy atom. The van der Waals surface area contributed by atoms with Crippen LogP contribution < -0.4 is 4.74 Å². The Morgan fingerprint density at radius 2 is 1.96 bits per heavy atom. The fraction of sp³-hybridized carbons (Fsp3) is 0.200. The molecule has 3 rings (SSSR count). The molecule has 2 aromatic carbocycles. The predicted octanol–water partition coefficient (Wildman–Crippen LogP) is 4.32. The number of benzene rings is 2. The summed E-state index contributed by atoms with van der Waals surface area (Å²) in [6.07, 6.45) is 1.55. The maximum absolute atomic E-state index is 13.0. The molecule has 26 heavy (non-hydrogen) atoms. The number of aromatic amines is 1. The fourth-order valence-electron chi connectivity index (χ4n) is 2.85. The molecule has 1 amide bonds. The summed E-state index contributed by atoms with van der Waals surface area (Å²) >= 11 is 5.94. The van der Waals surface area contributed by atoms with Gasteiger partial charge in [0.1, 0.15) is 5.75 Å². The Kier molecular flexibility index (Phi) is 5.28. The zero-order valence-corrected chi connectivity index (χ0v) is 15.7. The number of nitrogens with zero attached hydrogens (tertiary/aromatic N) is 2. The number of carbonyl (C=O) groups is 1. The lowest BCUT2D eigenvalue weighted by Crippen LogP contribution is -2.26. The van der Waals surface area contributed by atoms with E-state index in [9.17, 15) is 4.79 Å². The SMILES string of the molecule is COc1ccc(C)cc1CN(C)C(=O)c1cn[nH]c1-c1ccc(Cl)cc1. The molecule has 5 nitrogen and oxygen atoms in total. The summed E-state index contributed by atoms with van der Waals surface area (Å²) in [5, 5.41) is 7.60. The molecule has 0 spiro atoms. The van der Waals surface area contributed by atoms with E-state index in [1.165, 1.54) is 0 Å². The van der Waals surface area contributed by atoms with Crippen LogP contribution in [-0.4, -0.2) is 35.2 Å². The second-order valence-electron chi connectivity index (χ2n) is 6.14. The van der Waals surface area contributed by atoms with Crippen LogP contribution in [-0.2, 0) is 6.54 Å². The third kappa shape index (κ3) is 3.73. The van der Waals surface area contributed by atoms with E-state index >= 15 is 0 Å². The van der Waals surface area contributed by atoms with Crippen LogP contribution >= 0.6 is 11.6 Å². The largest absolute Gasteiger partial charge is 0.496 e. The molecule has 1 heterocycles.